The zero-order valence-electron chi connectivity index (χ0n) is 15.8. The Labute approximate surface area is 173 Å². The number of hydrogen-bond donors (Lipinski definition) is 2. The number of nitrogens with zero attached hydrogens (tertiary/aromatic N) is 1. The molecule has 0 bridgehead atoms. The molecular formula is C20H21Cl2N3O3. The van der Waals surface area contributed by atoms with Crippen LogP contribution in [0.3, 0.4) is 0 Å². The van der Waals surface area contributed by atoms with Crippen molar-refractivity contribution in [2.45, 2.75) is 27.2 Å². The van der Waals surface area contributed by atoms with Crippen LogP contribution in [0.25, 0.3) is 0 Å². The van der Waals surface area contributed by atoms with Crippen molar-refractivity contribution in [2.75, 3.05) is 11.9 Å². The highest BCUT2D eigenvalue weighted by molar-refractivity contribution is 6.35. The monoisotopic (exact) mass is 421 g/mol. The second kappa shape index (κ2) is 10.1. The van der Waals surface area contributed by atoms with Crippen molar-refractivity contribution in [1.82, 2.24) is 5.43 Å². The van der Waals surface area contributed by atoms with Gasteiger partial charge < -0.3 is 10.1 Å². The maximum atomic E-state index is 12.1. The fourth-order valence-corrected chi connectivity index (χ4v) is 2.91. The molecule has 8 heteroatoms. The quantitative estimate of drug-likeness (QED) is 0.509. The summed E-state index contributed by atoms with van der Waals surface area (Å²) < 4.78 is 5.32. The fourth-order valence-electron chi connectivity index (χ4n) is 2.45. The molecule has 0 aromatic heterocycles. The number of ether oxygens (including phenoxy) is 1. The standard InChI is InChI=1S/C20H21Cl2N3O3/c1-12-6-13(2)8-16(7-12)23-19(26)9-14(3)24-25-20(27)11-28-18-5-4-15(21)10-17(18)22/h4-8,10H,9,11H2,1-3H3,(H,23,26)(H,25,27). The first-order valence-corrected chi connectivity index (χ1v) is 9.26. The molecule has 0 atom stereocenters. The van der Waals surface area contributed by atoms with E-state index in [1.165, 1.54) is 6.07 Å². The maximum Gasteiger partial charge on any atom is 0.277 e. The molecule has 0 aliphatic carbocycles. The van der Waals surface area contributed by atoms with E-state index >= 15 is 0 Å². The zero-order valence-corrected chi connectivity index (χ0v) is 17.3. The van der Waals surface area contributed by atoms with Crippen LogP contribution in [0.4, 0.5) is 5.69 Å². The van der Waals surface area contributed by atoms with E-state index < -0.39 is 5.91 Å². The minimum absolute atomic E-state index is 0.0527. The number of hydrazone groups is 1. The second-order valence-corrected chi connectivity index (χ2v) is 7.19. The van der Waals surface area contributed by atoms with E-state index in [0.29, 0.717) is 21.5 Å². The van der Waals surface area contributed by atoms with Crippen molar-refractivity contribution >= 4 is 46.4 Å². The van der Waals surface area contributed by atoms with Gasteiger partial charge in [0, 0.05) is 16.4 Å². The van der Waals surface area contributed by atoms with Crippen molar-refractivity contribution < 1.29 is 14.3 Å². The van der Waals surface area contributed by atoms with Crippen molar-refractivity contribution in [2.24, 2.45) is 5.10 Å². The van der Waals surface area contributed by atoms with Crippen molar-refractivity contribution in [3.05, 3.63) is 57.6 Å². The minimum Gasteiger partial charge on any atom is -0.482 e. The molecule has 0 heterocycles. The lowest BCUT2D eigenvalue weighted by Gasteiger charge is -2.08. The Morgan fingerprint density at radius 3 is 2.36 bits per heavy atom. The summed E-state index contributed by atoms with van der Waals surface area (Å²) in [5.41, 5.74) is 5.66. The molecule has 28 heavy (non-hydrogen) atoms. The van der Waals surface area contributed by atoms with E-state index in [4.69, 9.17) is 27.9 Å². The molecule has 148 valence electrons. The summed E-state index contributed by atoms with van der Waals surface area (Å²) in [6.07, 6.45) is 0.0527. The summed E-state index contributed by atoms with van der Waals surface area (Å²) in [5.74, 6) is -0.348. The third-order valence-corrected chi connectivity index (χ3v) is 4.08. The van der Waals surface area contributed by atoms with Gasteiger partial charge in [-0.05, 0) is 62.2 Å². The van der Waals surface area contributed by atoms with Crippen LogP contribution in [0.5, 0.6) is 5.75 Å². The molecule has 0 aliphatic rings. The number of hydrogen-bond acceptors (Lipinski definition) is 4. The number of carbonyl (C=O) groups is 2. The Hall–Kier alpha value is -2.57. The topological polar surface area (TPSA) is 79.8 Å². The van der Waals surface area contributed by atoms with Gasteiger partial charge in [0.15, 0.2) is 6.61 Å². The molecule has 0 spiro atoms. The number of rotatable bonds is 7. The Kier molecular flexibility index (Phi) is 7.84. The average Bonchev–Trinajstić information content (AvgIpc) is 2.58. The lowest BCUT2D eigenvalue weighted by atomic mass is 10.1. The third-order valence-electron chi connectivity index (χ3n) is 3.55. The maximum absolute atomic E-state index is 12.1. The highest BCUT2D eigenvalue weighted by atomic mass is 35.5. The molecule has 0 aliphatic heterocycles. The molecule has 0 unspecified atom stereocenters. The predicted octanol–water partition coefficient (Wildman–Crippen LogP) is 4.51. The molecule has 0 saturated carbocycles. The SMILES string of the molecule is CC(CC(=O)Nc1cc(C)cc(C)c1)=NNC(=O)COc1ccc(Cl)cc1Cl. The van der Waals surface area contributed by atoms with Crippen molar-refractivity contribution in [3.8, 4) is 5.75 Å². The van der Waals surface area contributed by atoms with Gasteiger partial charge in [-0.15, -0.1) is 0 Å². The summed E-state index contributed by atoms with van der Waals surface area (Å²) in [4.78, 5) is 23.9. The number of carbonyl (C=O) groups excluding carboxylic acids is 2. The van der Waals surface area contributed by atoms with Gasteiger partial charge >= 0.3 is 0 Å². The predicted molar refractivity (Wildman–Crippen MR) is 112 cm³/mol. The van der Waals surface area contributed by atoms with Crippen LogP contribution >= 0.6 is 23.2 Å². The first kappa shape index (κ1) is 21.7. The van der Waals surface area contributed by atoms with Crippen molar-refractivity contribution in [3.63, 3.8) is 0 Å². The van der Waals surface area contributed by atoms with Crippen molar-refractivity contribution in [1.29, 1.82) is 0 Å². The molecular weight excluding hydrogens is 401 g/mol. The highest BCUT2D eigenvalue weighted by Gasteiger charge is 2.08. The Balaban J connectivity index is 1.80. The van der Waals surface area contributed by atoms with Crippen LogP contribution in [0.1, 0.15) is 24.5 Å². The lowest BCUT2D eigenvalue weighted by Crippen LogP contribution is -2.26. The first-order valence-electron chi connectivity index (χ1n) is 8.51. The number of nitrogens with one attached hydrogen (secondary N) is 2. The average molecular weight is 422 g/mol. The number of aryl methyl sites for hydroxylation is 2. The van der Waals surface area contributed by atoms with Gasteiger partial charge in [0.25, 0.3) is 5.91 Å². The number of benzene rings is 2. The summed E-state index contributed by atoms with van der Waals surface area (Å²) in [6, 6.07) is 10.5. The Bertz CT molecular complexity index is 893. The van der Waals surface area contributed by atoms with E-state index in [-0.39, 0.29) is 18.9 Å². The van der Waals surface area contributed by atoms with Crippen LogP contribution in [-0.4, -0.2) is 24.1 Å². The number of amides is 2. The van der Waals surface area contributed by atoms with Crippen LogP contribution < -0.4 is 15.5 Å². The summed E-state index contributed by atoms with van der Waals surface area (Å²) >= 11 is 11.8. The van der Waals surface area contributed by atoms with Crippen LogP contribution in [-0.2, 0) is 9.59 Å². The number of halogens is 2. The van der Waals surface area contributed by atoms with Gasteiger partial charge in [0.2, 0.25) is 5.91 Å². The largest absolute Gasteiger partial charge is 0.482 e. The molecule has 2 N–H and O–H groups in total. The highest BCUT2D eigenvalue weighted by Crippen LogP contribution is 2.27. The number of anilines is 1. The molecule has 2 rings (SSSR count). The summed E-state index contributed by atoms with van der Waals surface area (Å²) in [7, 11) is 0. The van der Waals surface area contributed by atoms with Gasteiger partial charge in [-0.2, -0.15) is 5.10 Å². The second-order valence-electron chi connectivity index (χ2n) is 6.35. The first-order chi connectivity index (χ1) is 13.2. The molecule has 6 nitrogen and oxygen atoms in total. The fraction of sp³-hybridized carbons (Fsp3) is 0.250. The third kappa shape index (κ3) is 7.21. The molecule has 0 saturated heterocycles. The smallest absolute Gasteiger partial charge is 0.277 e. The van der Waals surface area contributed by atoms with E-state index in [0.717, 1.165) is 16.8 Å². The van der Waals surface area contributed by atoms with Gasteiger partial charge in [-0.25, -0.2) is 5.43 Å². The summed E-state index contributed by atoms with van der Waals surface area (Å²) in [6.45, 7) is 5.31. The van der Waals surface area contributed by atoms with Gasteiger partial charge in [-0.1, -0.05) is 29.3 Å². The van der Waals surface area contributed by atoms with Crippen LogP contribution in [0.2, 0.25) is 10.0 Å². The van der Waals surface area contributed by atoms with E-state index in [9.17, 15) is 9.59 Å². The molecule has 2 amide bonds. The molecule has 2 aromatic rings. The van der Waals surface area contributed by atoms with Gasteiger partial charge in [-0.3, -0.25) is 9.59 Å². The van der Waals surface area contributed by atoms with Gasteiger partial charge in [0.1, 0.15) is 5.75 Å². The van der Waals surface area contributed by atoms with E-state index in [1.54, 1.807) is 19.1 Å². The lowest BCUT2D eigenvalue weighted by molar-refractivity contribution is -0.123. The van der Waals surface area contributed by atoms with E-state index in [1.807, 2.05) is 32.0 Å². The molecule has 0 fully saturated rings. The van der Waals surface area contributed by atoms with Crippen LogP contribution in [0.15, 0.2) is 41.5 Å². The zero-order chi connectivity index (χ0) is 20.7. The Morgan fingerprint density at radius 1 is 1.04 bits per heavy atom. The summed E-state index contributed by atoms with van der Waals surface area (Å²) in [5, 5.41) is 7.51. The molecule has 0 radical (unpaired) electrons. The van der Waals surface area contributed by atoms with E-state index in [2.05, 4.69) is 15.8 Å². The molecule has 2 aromatic carbocycles. The minimum atomic E-state index is -0.472. The van der Waals surface area contributed by atoms with Crippen LogP contribution in [0, 0.1) is 13.8 Å². The normalized spacial score (nSPS) is 11.1. The Morgan fingerprint density at radius 2 is 1.71 bits per heavy atom. The van der Waals surface area contributed by atoms with Gasteiger partial charge in [0.05, 0.1) is 11.4 Å².